The summed E-state index contributed by atoms with van der Waals surface area (Å²) in [4.78, 5) is 28.6. The molecule has 0 radical (unpaired) electrons. The van der Waals surface area contributed by atoms with Gasteiger partial charge in [-0.1, -0.05) is 41.9 Å². The van der Waals surface area contributed by atoms with E-state index in [0.29, 0.717) is 21.7 Å². The zero-order valence-electron chi connectivity index (χ0n) is 13.2. The zero-order valence-corrected chi connectivity index (χ0v) is 15.6. The number of nitrogens with one attached hydrogen (secondary N) is 1. The van der Waals surface area contributed by atoms with E-state index in [1.807, 2.05) is 36.4 Å². The van der Waals surface area contributed by atoms with Gasteiger partial charge in [-0.25, -0.2) is 4.98 Å². The van der Waals surface area contributed by atoms with E-state index in [9.17, 15) is 9.59 Å². The van der Waals surface area contributed by atoms with Gasteiger partial charge in [0.2, 0.25) is 0 Å². The molecule has 1 N–H and O–H groups in total. The van der Waals surface area contributed by atoms with Crippen LogP contribution in [0.25, 0.3) is 16.8 Å². The summed E-state index contributed by atoms with van der Waals surface area (Å²) in [7, 11) is 0. The quantitative estimate of drug-likeness (QED) is 0.631. The van der Waals surface area contributed by atoms with E-state index in [0.717, 1.165) is 33.0 Å². The van der Waals surface area contributed by atoms with E-state index in [1.54, 1.807) is 12.3 Å². The van der Waals surface area contributed by atoms with Crippen LogP contribution in [-0.4, -0.2) is 16.1 Å². The molecule has 2 amide bonds. The lowest BCUT2D eigenvalue weighted by molar-refractivity contribution is -0.115. The number of hydrogen-bond acceptors (Lipinski definition) is 6. The van der Waals surface area contributed by atoms with Gasteiger partial charge in [0.15, 0.2) is 4.47 Å². The number of thioether (sulfide) groups is 1. The van der Waals surface area contributed by atoms with E-state index < -0.39 is 5.91 Å². The Balaban J connectivity index is 1.75. The molecule has 2 aromatic carbocycles. The van der Waals surface area contributed by atoms with Crippen molar-refractivity contribution in [2.24, 2.45) is 0 Å². The Labute approximate surface area is 162 Å². The standard InChI is InChI=1S/C18H11ClN2O3S2/c19-17-20-8-11(25-17)9-24-14-6-5-10-3-1-2-4-12(10)13(14)7-15-16(22)21-18(23)26-15/h1-8H,9H2,(H,21,22,23). The SMILES string of the molecule is O=C1NC(=O)C(=Cc2c(OCc3cnc(Cl)s3)ccc3ccccc23)S1. The van der Waals surface area contributed by atoms with Gasteiger partial charge in [0.25, 0.3) is 11.1 Å². The molecule has 0 unspecified atom stereocenters. The molecule has 4 rings (SSSR count). The maximum Gasteiger partial charge on any atom is 0.290 e. The lowest BCUT2D eigenvalue weighted by atomic mass is 10.0. The summed E-state index contributed by atoms with van der Waals surface area (Å²) in [5, 5.41) is 3.85. The van der Waals surface area contributed by atoms with Gasteiger partial charge in [-0.3, -0.25) is 14.9 Å². The predicted octanol–water partition coefficient (Wildman–Crippen LogP) is 4.85. The number of hydrogen-bond donors (Lipinski definition) is 1. The van der Waals surface area contributed by atoms with Crippen LogP contribution in [-0.2, 0) is 11.4 Å². The Bertz CT molecular complexity index is 1060. The fraction of sp³-hybridized carbons (Fsp3) is 0.0556. The van der Waals surface area contributed by atoms with Gasteiger partial charge in [-0.2, -0.15) is 0 Å². The van der Waals surface area contributed by atoms with Crippen LogP contribution in [0.4, 0.5) is 4.79 Å². The third-order valence-corrected chi connectivity index (χ3v) is 5.64. The molecular weight excluding hydrogens is 392 g/mol. The maximum absolute atomic E-state index is 11.9. The number of rotatable bonds is 4. The zero-order chi connectivity index (χ0) is 18.1. The smallest absolute Gasteiger partial charge is 0.290 e. The minimum Gasteiger partial charge on any atom is -0.487 e. The largest absolute Gasteiger partial charge is 0.487 e. The van der Waals surface area contributed by atoms with Gasteiger partial charge >= 0.3 is 0 Å². The Hall–Kier alpha value is -2.35. The first-order valence-electron chi connectivity index (χ1n) is 7.60. The molecular formula is C18H11ClN2O3S2. The highest BCUT2D eigenvalue weighted by Gasteiger charge is 2.25. The van der Waals surface area contributed by atoms with Crippen LogP contribution in [0.2, 0.25) is 4.47 Å². The number of carbonyl (C=O) groups is 2. The summed E-state index contributed by atoms with van der Waals surface area (Å²) in [6.45, 7) is 0.317. The number of aromatic nitrogens is 1. The maximum atomic E-state index is 11.9. The molecule has 1 aliphatic rings. The van der Waals surface area contributed by atoms with Crippen LogP contribution in [0.5, 0.6) is 5.75 Å². The van der Waals surface area contributed by atoms with Crippen molar-refractivity contribution in [3.63, 3.8) is 0 Å². The molecule has 1 fully saturated rings. The van der Waals surface area contributed by atoms with Crippen molar-refractivity contribution in [2.75, 3.05) is 0 Å². The van der Waals surface area contributed by atoms with Gasteiger partial charge in [-0.15, -0.1) is 11.3 Å². The summed E-state index contributed by atoms with van der Waals surface area (Å²) >= 11 is 8.09. The molecule has 0 bridgehead atoms. The minimum absolute atomic E-state index is 0.317. The molecule has 1 aromatic heterocycles. The average molecular weight is 403 g/mol. The molecule has 8 heteroatoms. The summed E-state index contributed by atoms with van der Waals surface area (Å²) in [6.07, 6.45) is 3.37. The normalized spacial score (nSPS) is 15.7. The molecule has 0 aliphatic carbocycles. The van der Waals surface area contributed by atoms with E-state index in [2.05, 4.69) is 10.3 Å². The van der Waals surface area contributed by atoms with Gasteiger partial charge in [-0.05, 0) is 34.7 Å². The Morgan fingerprint density at radius 2 is 2.04 bits per heavy atom. The first-order valence-corrected chi connectivity index (χ1v) is 9.61. The van der Waals surface area contributed by atoms with Crippen LogP contribution in [0.15, 0.2) is 47.5 Å². The van der Waals surface area contributed by atoms with Gasteiger partial charge in [0.1, 0.15) is 12.4 Å². The molecule has 2 heterocycles. The van der Waals surface area contributed by atoms with Crippen LogP contribution in [0.3, 0.4) is 0 Å². The second-order valence-corrected chi connectivity index (χ2v) is 8.13. The van der Waals surface area contributed by atoms with Crippen molar-refractivity contribution in [2.45, 2.75) is 6.61 Å². The van der Waals surface area contributed by atoms with E-state index in [-0.39, 0.29) is 5.24 Å². The number of thiazole rings is 1. The Morgan fingerprint density at radius 1 is 1.19 bits per heavy atom. The summed E-state index contributed by atoms with van der Waals surface area (Å²) < 4.78 is 6.42. The van der Waals surface area contributed by atoms with Crippen LogP contribution in [0, 0.1) is 0 Å². The molecule has 130 valence electrons. The molecule has 0 atom stereocenters. The first kappa shape index (κ1) is 17.1. The third kappa shape index (κ3) is 3.46. The molecule has 1 aliphatic heterocycles. The number of amides is 2. The fourth-order valence-corrected chi connectivity index (χ4v) is 4.16. The molecule has 0 spiro atoms. The lowest BCUT2D eigenvalue weighted by Gasteiger charge is -2.11. The van der Waals surface area contributed by atoms with Gasteiger partial charge in [0, 0.05) is 11.8 Å². The molecule has 5 nitrogen and oxygen atoms in total. The number of carbonyl (C=O) groups excluding carboxylic acids is 2. The molecule has 1 saturated heterocycles. The summed E-state index contributed by atoms with van der Waals surface area (Å²) in [5.74, 6) is 0.224. The summed E-state index contributed by atoms with van der Waals surface area (Å²) in [5.41, 5.74) is 0.756. The predicted molar refractivity (Wildman–Crippen MR) is 105 cm³/mol. The van der Waals surface area contributed by atoms with Crippen molar-refractivity contribution in [3.05, 3.63) is 62.4 Å². The number of fused-ring (bicyclic) bond motifs is 1. The number of nitrogens with zero attached hydrogens (tertiary/aromatic N) is 1. The molecule has 3 aromatic rings. The highest BCUT2D eigenvalue weighted by Crippen LogP contribution is 2.34. The Morgan fingerprint density at radius 3 is 2.77 bits per heavy atom. The van der Waals surface area contributed by atoms with Crippen LogP contribution >= 0.6 is 34.7 Å². The van der Waals surface area contributed by atoms with E-state index in [4.69, 9.17) is 16.3 Å². The highest BCUT2D eigenvalue weighted by molar-refractivity contribution is 8.18. The van der Waals surface area contributed by atoms with Crippen LogP contribution in [0.1, 0.15) is 10.4 Å². The Kier molecular flexibility index (Phi) is 4.67. The second kappa shape index (κ2) is 7.11. The van der Waals surface area contributed by atoms with Crippen molar-refractivity contribution in [1.29, 1.82) is 0 Å². The van der Waals surface area contributed by atoms with Gasteiger partial charge in [0.05, 0.1) is 9.78 Å². The topological polar surface area (TPSA) is 68.3 Å². The lowest BCUT2D eigenvalue weighted by Crippen LogP contribution is -2.17. The van der Waals surface area contributed by atoms with Crippen molar-refractivity contribution in [1.82, 2.24) is 10.3 Å². The van der Waals surface area contributed by atoms with E-state index >= 15 is 0 Å². The highest BCUT2D eigenvalue weighted by atomic mass is 35.5. The van der Waals surface area contributed by atoms with E-state index in [1.165, 1.54) is 11.3 Å². The van der Waals surface area contributed by atoms with Gasteiger partial charge < -0.3 is 4.74 Å². The number of ether oxygens (including phenoxy) is 1. The fourth-order valence-electron chi connectivity index (χ4n) is 2.60. The molecule has 0 saturated carbocycles. The minimum atomic E-state index is -0.395. The third-order valence-electron chi connectivity index (χ3n) is 3.74. The average Bonchev–Trinajstić information content (AvgIpc) is 3.18. The van der Waals surface area contributed by atoms with Crippen molar-refractivity contribution >= 4 is 62.7 Å². The number of halogens is 1. The van der Waals surface area contributed by atoms with Crippen LogP contribution < -0.4 is 10.1 Å². The number of benzene rings is 2. The summed E-state index contributed by atoms with van der Waals surface area (Å²) in [6, 6.07) is 11.6. The number of imide groups is 1. The molecule has 26 heavy (non-hydrogen) atoms. The first-order chi connectivity index (χ1) is 12.6. The monoisotopic (exact) mass is 402 g/mol. The van der Waals surface area contributed by atoms with Crippen molar-refractivity contribution < 1.29 is 14.3 Å². The second-order valence-electron chi connectivity index (χ2n) is 5.42. The van der Waals surface area contributed by atoms with Crippen molar-refractivity contribution in [3.8, 4) is 5.75 Å².